The van der Waals surface area contributed by atoms with Gasteiger partial charge in [0.25, 0.3) is 0 Å². The number of carbonyl (C=O) groups excluding carboxylic acids is 5. The summed E-state index contributed by atoms with van der Waals surface area (Å²) in [5.74, 6) is -1.20. The molecule has 13 heteroatoms. The van der Waals surface area contributed by atoms with Gasteiger partial charge in [0, 0.05) is 29.0 Å². The van der Waals surface area contributed by atoms with Crippen LogP contribution in [-0.4, -0.2) is 48.1 Å². The van der Waals surface area contributed by atoms with Crippen molar-refractivity contribution in [2.45, 2.75) is 29.4 Å². The van der Waals surface area contributed by atoms with E-state index in [1.54, 1.807) is 60.7 Å². The second-order valence-corrected chi connectivity index (χ2v) is 11.9. The number of hydrogen-bond acceptors (Lipinski definition) is 11. The molecule has 48 heavy (non-hydrogen) atoms. The summed E-state index contributed by atoms with van der Waals surface area (Å²) in [5, 5.41) is 10.5. The number of amides is 3. The fourth-order valence-electron chi connectivity index (χ4n) is 4.87. The fourth-order valence-corrected chi connectivity index (χ4v) is 5.98. The number of esters is 1. The Morgan fingerprint density at radius 1 is 0.833 bits per heavy atom. The largest absolute Gasteiger partial charge is 0.457 e. The Morgan fingerprint density at radius 3 is 2.38 bits per heavy atom. The zero-order valence-corrected chi connectivity index (χ0v) is 26.2. The number of benzene rings is 4. The maximum Gasteiger partial charge on any atom is 0.306 e. The third kappa shape index (κ3) is 7.93. The van der Waals surface area contributed by atoms with Crippen LogP contribution >= 0.6 is 11.8 Å². The van der Waals surface area contributed by atoms with Gasteiger partial charge in [-0.1, -0.05) is 24.3 Å². The minimum Gasteiger partial charge on any atom is -0.457 e. The van der Waals surface area contributed by atoms with Crippen molar-refractivity contribution in [3.05, 3.63) is 103 Å². The van der Waals surface area contributed by atoms with Gasteiger partial charge in [-0.05, 0) is 72.8 Å². The highest BCUT2D eigenvalue weighted by Gasteiger charge is 2.40. The molecule has 2 aliphatic heterocycles. The molecule has 2 heterocycles. The predicted molar refractivity (Wildman–Crippen MR) is 176 cm³/mol. The lowest BCUT2D eigenvalue weighted by Crippen LogP contribution is -2.31. The molecule has 3 amide bonds. The molecule has 0 saturated carbocycles. The highest BCUT2D eigenvalue weighted by atomic mass is 32.2. The molecule has 1 saturated heterocycles. The average molecular weight is 665 g/mol. The highest BCUT2D eigenvalue weighted by Crippen LogP contribution is 2.36. The van der Waals surface area contributed by atoms with Gasteiger partial charge < -0.3 is 19.5 Å². The van der Waals surface area contributed by atoms with Crippen LogP contribution < -0.4 is 19.7 Å². The molecule has 1 N–H and O–H groups in total. The van der Waals surface area contributed by atoms with E-state index in [-0.39, 0.29) is 37.9 Å². The molecular weight excluding hydrogens is 636 g/mol. The third-order valence-electron chi connectivity index (χ3n) is 7.26. The van der Waals surface area contributed by atoms with Crippen molar-refractivity contribution in [2.75, 3.05) is 23.6 Å². The topological polar surface area (TPSA) is 153 Å². The number of nitrogens with zero attached hydrogens (tertiary/aromatic N) is 3. The fraction of sp³-hybridized carbons (Fsp3) is 0.171. The summed E-state index contributed by atoms with van der Waals surface area (Å²) in [7, 11) is 0. The molecule has 0 aliphatic carbocycles. The molecule has 1 atom stereocenters. The van der Waals surface area contributed by atoms with Gasteiger partial charge in [-0.2, -0.15) is 10.2 Å². The average Bonchev–Trinajstić information content (AvgIpc) is 3.68. The Labute approximate surface area is 279 Å². The summed E-state index contributed by atoms with van der Waals surface area (Å²) < 4.78 is 15.5. The Bertz CT molecular complexity index is 1900. The van der Waals surface area contributed by atoms with Crippen molar-refractivity contribution < 1.29 is 38.2 Å². The summed E-state index contributed by atoms with van der Waals surface area (Å²) >= 11 is 1.23. The predicted octanol–water partition coefficient (Wildman–Crippen LogP) is 6.40. The third-order valence-corrected chi connectivity index (χ3v) is 8.44. The van der Waals surface area contributed by atoms with Gasteiger partial charge in [0.15, 0.2) is 23.9 Å². The van der Waals surface area contributed by atoms with Crippen molar-refractivity contribution in [3.63, 3.8) is 0 Å². The van der Waals surface area contributed by atoms with E-state index in [4.69, 9.17) is 14.2 Å². The number of fused-ring (bicyclic) bond motifs is 1. The lowest BCUT2D eigenvalue weighted by atomic mass is 10.1. The molecule has 4 aromatic rings. The monoisotopic (exact) mass is 664 g/mol. The first-order valence-electron chi connectivity index (χ1n) is 14.9. The van der Waals surface area contributed by atoms with E-state index in [9.17, 15) is 24.0 Å². The molecule has 242 valence electrons. The van der Waals surface area contributed by atoms with E-state index in [1.165, 1.54) is 22.7 Å². The van der Waals surface area contributed by atoms with Crippen LogP contribution in [-0.2, 0) is 23.9 Å². The number of thioether (sulfide) groups is 1. The molecule has 0 radical (unpaired) electrons. The Balaban J connectivity index is 0.966. The number of hydrogen-bond donors (Lipinski definition) is 1. The minimum absolute atomic E-state index is 0.0227. The number of azo groups is 1. The number of nitrogens with one attached hydrogen (secondary N) is 1. The summed E-state index contributed by atoms with van der Waals surface area (Å²) in [4.78, 5) is 65.0. The summed E-state index contributed by atoms with van der Waals surface area (Å²) in [6.45, 7) is -0.389. The first-order valence-corrected chi connectivity index (χ1v) is 15.8. The number of ketones is 1. The zero-order chi connectivity index (χ0) is 33.5. The molecule has 1 unspecified atom stereocenters. The maximum atomic E-state index is 13.2. The summed E-state index contributed by atoms with van der Waals surface area (Å²) in [6, 6.07) is 27.5. The highest BCUT2D eigenvalue weighted by molar-refractivity contribution is 8.00. The van der Waals surface area contributed by atoms with Gasteiger partial charge in [-0.3, -0.25) is 24.0 Å². The van der Waals surface area contributed by atoms with E-state index in [1.807, 2.05) is 30.3 Å². The molecule has 0 bridgehead atoms. The van der Waals surface area contributed by atoms with E-state index in [0.717, 1.165) is 0 Å². The van der Waals surface area contributed by atoms with Gasteiger partial charge in [-0.25, -0.2) is 4.90 Å². The first-order chi connectivity index (χ1) is 23.3. The lowest BCUT2D eigenvalue weighted by molar-refractivity contribution is -0.143. The van der Waals surface area contributed by atoms with E-state index in [2.05, 4.69) is 15.5 Å². The van der Waals surface area contributed by atoms with Crippen LogP contribution in [0.1, 0.15) is 29.6 Å². The van der Waals surface area contributed by atoms with Gasteiger partial charge >= 0.3 is 5.97 Å². The van der Waals surface area contributed by atoms with Crippen LogP contribution in [0.4, 0.5) is 22.7 Å². The minimum atomic E-state index is -0.691. The molecular formula is C35H28N4O8S. The van der Waals surface area contributed by atoms with Crippen molar-refractivity contribution in [3.8, 4) is 11.5 Å². The van der Waals surface area contributed by atoms with E-state index >= 15 is 0 Å². The number of rotatable bonds is 12. The first kappa shape index (κ1) is 32.1. The van der Waals surface area contributed by atoms with Crippen molar-refractivity contribution in [1.82, 2.24) is 0 Å². The molecule has 12 nitrogen and oxygen atoms in total. The summed E-state index contributed by atoms with van der Waals surface area (Å²) in [6.07, 6.45) is -0.361. The zero-order valence-electron chi connectivity index (χ0n) is 25.4. The Hall–Kier alpha value is -5.82. The second-order valence-electron chi connectivity index (χ2n) is 10.7. The van der Waals surface area contributed by atoms with Gasteiger partial charge in [0.1, 0.15) is 0 Å². The SMILES string of the molecule is O=C(CCC(=O)OCC(=O)c1ccc2c(c1)OCO2)Nc1cccc(SC2CC(=O)N(c3ccc(N=Nc4ccccc4)cc3)C2=O)c1. The van der Waals surface area contributed by atoms with Gasteiger partial charge in [0.2, 0.25) is 24.5 Å². The molecule has 0 spiro atoms. The Morgan fingerprint density at radius 2 is 1.58 bits per heavy atom. The molecule has 6 rings (SSSR count). The summed E-state index contributed by atoms with van der Waals surface area (Å²) in [5.41, 5.74) is 2.51. The van der Waals surface area contributed by atoms with Gasteiger partial charge in [-0.15, -0.1) is 11.8 Å². The number of ether oxygens (including phenoxy) is 3. The van der Waals surface area contributed by atoms with Crippen LogP contribution in [0.5, 0.6) is 11.5 Å². The number of anilines is 2. The normalized spacial score (nSPS) is 15.2. The quantitative estimate of drug-likeness (QED) is 0.0785. The lowest BCUT2D eigenvalue weighted by Gasteiger charge is -2.15. The maximum absolute atomic E-state index is 13.2. The van der Waals surface area contributed by atoms with E-state index < -0.39 is 29.5 Å². The van der Waals surface area contributed by atoms with Crippen molar-refractivity contribution in [2.24, 2.45) is 10.2 Å². The molecule has 1 fully saturated rings. The Kier molecular flexibility index (Phi) is 9.86. The number of imide groups is 1. The van der Waals surface area contributed by atoms with Crippen LogP contribution in [0.15, 0.2) is 112 Å². The van der Waals surface area contributed by atoms with Crippen LogP contribution in [0, 0.1) is 0 Å². The van der Waals surface area contributed by atoms with Crippen molar-refractivity contribution in [1.29, 1.82) is 0 Å². The smallest absolute Gasteiger partial charge is 0.306 e. The molecule has 4 aromatic carbocycles. The van der Waals surface area contributed by atoms with Gasteiger partial charge in [0.05, 0.1) is 28.7 Å². The van der Waals surface area contributed by atoms with E-state index in [0.29, 0.717) is 44.7 Å². The second kappa shape index (κ2) is 14.7. The van der Waals surface area contributed by atoms with Crippen LogP contribution in [0.3, 0.4) is 0 Å². The van der Waals surface area contributed by atoms with Crippen molar-refractivity contribution >= 4 is 64.0 Å². The molecule has 2 aliphatic rings. The standard InChI is InChI=1S/C35H28N4O8S/c40-28(22-9-14-29-30(17-22)47-21-46-29)20-45-34(43)16-15-32(41)36-25-7-4-8-27(18-25)48-31-19-33(42)39(35(31)44)26-12-10-24(11-13-26)38-37-23-5-2-1-3-6-23/h1-14,17-18,31H,15-16,19-21H2,(H,36,41). The van der Waals surface area contributed by atoms with Crippen LogP contribution in [0.2, 0.25) is 0 Å². The number of Topliss-reactive ketones (excluding diaryl/α,β-unsaturated/α-hetero) is 1. The van der Waals surface area contributed by atoms with Crippen LogP contribution in [0.25, 0.3) is 0 Å². The molecule has 0 aromatic heterocycles. The number of carbonyl (C=O) groups is 5.